The summed E-state index contributed by atoms with van der Waals surface area (Å²) in [5.41, 5.74) is 1.71. The monoisotopic (exact) mass is 264 g/mol. The third-order valence-electron chi connectivity index (χ3n) is 4.33. The molecule has 0 atom stereocenters. The lowest BCUT2D eigenvalue weighted by Crippen LogP contribution is -2.25. The summed E-state index contributed by atoms with van der Waals surface area (Å²) in [4.78, 5) is 19.5. The van der Waals surface area contributed by atoms with Gasteiger partial charge in [-0.2, -0.15) is 0 Å². The summed E-state index contributed by atoms with van der Waals surface area (Å²) in [6, 6.07) is 0. The summed E-state index contributed by atoms with van der Waals surface area (Å²) >= 11 is 0. The van der Waals surface area contributed by atoms with Gasteiger partial charge in [0, 0.05) is 30.2 Å². The van der Waals surface area contributed by atoms with Crippen LogP contribution in [0.25, 0.3) is 0 Å². The van der Waals surface area contributed by atoms with Gasteiger partial charge in [0.2, 0.25) is 0 Å². The molecule has 4 nitrogen and oxygen atoms in total. The Bertz CT molecular complexity index is 495. The summed E-state index contributed by atoms with van der Waals surface area (Å²) in [5, 5.41) is 8.96. The second-order valence-electron chi connectivity index (χ2n) is 6.43. The molecule has 0 saturated heterocycles. The minimum Gasteiger partial charge on any atom is -0.396 e. The third kappa shape index (κ3) is 3.24. The maximum atomic E-state index is 12.0. The molecule has 0 unspecified atom stereocenters. The van der Waals surface area contributed by atoms with E-state index in [1.807, 2.05) is 6.92 Å². The Morgan fingerprint density at radius 3 is 2.53 bits per heavy atom. The Kier molecular flexibility index (Phi) is 4.09. The minimum atomic E-state index is -0.0821. The topological polar surface area (TPSA) is 66.0 Å². The van der Waals surface area contributed by atoms with Crippen LogP contribution in [0.4, 0.5) is 0 Å². The Hall–Kier alpha value is -1.16. The largest absolute Gasteiger partial charge is 0.396 e. The van der Waals surface area contributed by atoms with Crippen molar-refractivity contribution in [1.29, 1.82) is 0 Å². The highest BCUT2D eigenvalue weighted by Gasteiger charge is 2.29. The maximum Gasteiger partial charge on any atom is 0.254 e. The minimum absolute atomic E-state index is 0.0113. The van der Waals surface area contributed by atoms with Gasteiger partial charge in [-0.15, -0.1) is 0 Å². The first-order valence-electron chi connectivity index (χ1n) is 7.13. The standard InChI is InChI=1S/C15H24N2O2/c1-10-12(6-9-18)14(19)17-13(16-10)11-4-7-15(2,3)8-5-11/h11,18H,4-9H2,1-3H3,(H,16,17,19). The molecule has 0 spiro atoms. The van der Waals surface area contributed by atoms with Crippen molar-refractivity contribution in [1.82, 2.24) is 9.97 Å². The molecule has 0 bridgehead atoms. The number of hydrogen-bond donors (Lipinski definition) is 2. The van der Waals surface area contributed by atoms with Crippen LogP contribution in [-0.2, 0) is 6.42 Å². The Balaban J connectivity index is 2.21. The van der Waals surface area contributed by atoms with Gasteiger partial charge in [0.25, 0.3) is 5.56 Å². The lowest BCUT2D eigenvalue weighted by Gasteiger charge is -2.33. The maximum absolute atomic E-state index is 12.0. The highest BCUT2D eigenvalue weighted by Crippen LogP contribution is 2.41. The van der Waals surface area contributed by atoms with E-state index < -0.39 is 0 Å². The number of nitrogens with one attached hydrogen (secondary N) is 1. The molecule has 1 heterocycles. The molecule has 1 fully saturated rings. The highest BCUT2D eigenvalue weighted by atomic mass is 16.3. The van der Waals surface area contributed by atoms with Gasteiger partial charge in [0.1, 0.15) is 5.82 Å². The van der Waals surface area contributed by atoms with Crippen LogP contribution in [0.1, 0.15) is 62.5 Å². The van der Waals surface area contributed by atoms with Crippen molar-refractivity contribution in [3.63, 3.8) is 0 Å². The predicted molar refractivity (Wildman–Crippen MR) is 75.4 cm³/mol. The van der Waals surface area contributed by atoms with Gasteiger partial charge >= 0.3 is 0 Å². The van der Waals surface area contributed by atoms with Crippen LogP contribution in [-0.4, -0.2) is 21.7 Å². The number of nitrogens with zero attached hydrogens (tertiary/aromatic N) is 1. The average molecular weight is 264 g/mol. The predicted octanol–water partition coefficient (Wildman–Crippen LogP) is 2.30. The van der Waals surface area contributed by atoms with Crippen molar-refractivity contribution in [3.8, 4) is 0 Å². The van der Waals surface area contributed by atoms with Crippen molar-refractivity contribution in [2.75, 3.05) is 6.61 Å². The van der Waals surface area contributed by atoms with Crippen LogP contribution in [0.5, 0.6) is 0 Å². The van der Waals surface area contributed by atoms with Gasteiger partial charge in [0.05, 0.1) is 0 Å². The van der Waals surface area contributed by atoms with Crippen LogP contribution in [0.2, 0.25) is 0 Å². The first-order valence-corrected chi connectivity index (χ1v) is 7.13. The Morgan fingerprint density at radius 1 is 1.37 bits per heavy atom. The van der Waals surface area contributed by atoms with Gasteiger partial charge in [-0.1, -0.05) is 13.8 Å². The van der Waals surface area contributed by atoms with Gasteiger partial charge in [-0.25, -0.2) is 4.98 Å². The van der Waals surface area contributed by atoms with Crippen LogP contribution < -0.4 is 5.56 Å². The van der Waals surface area contributed by atoms with Crippen molar-refractivity contribution in [3.05, 3.63) is 27.4 Å². The van der Waals surface area contributed by atoms with Crippen molar-refractivity contribution in [2.45, 2.75) is 58.8 Å². The number of hydrogen-bond acceptors (Lipinski definition) is 3. The molecule has 1 aliphatic carbocycles. The molecule has 4 heteroatoms. The summed E-state index contributed by atoms with van der Waals surface area (Å²) in [6.07, 6.45) is 4.92. The summed E-state index contributed by atoms with van der Waals surface area (Å²) < 4.78 is 0. The van der Waals surface area contributed by atoms with E-state index in [-0.39, 0.29) is 12.2 Å². The summed E-state index contributed by atoms with van der Waals surface area (Å²) in [7, 11) is 0. The first kappa shape index (κ1) is 14.3. The molecule has 0 aromatic carbocycles. The molecule has 106 valence electrons. The lowest BCUT2D eigenvalue weighted by atomic mass is 9.73. The number of aromatic amines is 1. The van der Waals surface area contributed by atoms with Crippen molar-refractivity contribution < 1.29 is 5.11 Å². The molecule has 2 rings (SSSR count). The van der Waals surface area contributed by atoms with Gasteiger partial charge in [-0.3, -0.25) is 4.79 Å². The van der Waals surface area contributed by atoms with Crippen LogP contribution in [0, 0.1) is 12.3 Å². The number of H-pyrrole nitrogens is 1. The molecule has 0 radical (unpaired) electrons. The molecule has 0 aliphatic heterocycles. The quantitative estimate of drug-likeness (QED) is 0.880. The fourth-order valence-electron chi connectivity index (χ4n) is 2.90. The van der Waals surface area contributed by atoms with E-state index in [9.17, 15) is 4.79 Å². The molecule has 1 aromatic heterocycles. The summed E-state index contributed by atoms with van der Waals surface area (Å²) in [5.74, 6) is 1.21. The Labute approximate surface area is 114 Å². The first-order chi connectivity index (χ1) is 8.93. The van der Waals surface area contributed by atoms with Crippen LogP contribution in [0.3, 0.4) is 0 Å². The SMILES string of the molecule is Cc1nc(C2CCC(C)(C)CC2)[nH]c(=O)c1CCO. The molecule has 19 heavy (non-hydrogen) atoms. The second kappa shape index (κ2) is 5.45. The van der Waals surface area contributed by atoms with E-state index in [2.05, 4.69) is 23.8 Å². The molecule has 1 aliphatic rings. The summed E-state index contributed by atoms with van der Waals surface area (Å²) in [6.45, 7) is 6.45. The molecule has 2 N–H and O–H groups in total. The third-order valence-corrected chi connectivity index (χ3v) is 4.33. The fraction of sp³-hybridized carbons (Fsp3) is 0.733. The van der Waals surface area contributed by atoms with Crippen molar-refractivity contribution >= 4 is 0 Å². The van der Waals surface area contributed by atoms with E-state index in [1.165, 1.54) is 12.8 Å². The number of aromatic nitrogens is 2. The molecule has 1 saturated carbocycles. The lowest BCUT2D eigenvalue weighted by molar-refractivity contribution is 0.220. The number of aliphatic hydroxyl groups is 1. The van der Waals surface area contributed by atoms with Gasteiger partial charge in [-0.05, 0) is 38.0 Å². The van der Waals surface area contributed by atoms with E-state index in [0.717, 1.165) is 24.4 Å². The molecule has 1 aromatic rings. The van der Waals surface area contributed by atoms with E-state index in [1.54, 1.807) is 0 Å². The van der Waals surface area contributed by atoms with E-state index in [0.29, 0.717) is 23.3 Å². The number of aliphatic hydroxyl groups excluding tert-OH is 1. The molecule has 0 amide bonds. The fourth-order valence-corrected chi connectivity index (χ4v) is 2.90. The zero-order chi connectivity index (χ0) is 14.0. The van der Waals surface area contributed by atoms with E-state index in [4.69, 9.17) is 5.11 Å². The number of rotatable bonds is 3. The average Bonchev–Trinajstić information content (AvgIpc) is 2.33. The zero-order valence-electron chi connectivity index (χ0n) is 12.1. The molecular weight excluding hydrogens is 240 g/mol. The van der Waals surface area contributed by atoms with Crippen LogP contribution >= 0.6 is 0 Å². The Morgan fingerprint density at radius 2 is 2.00 bits per heavy atom. The van der Waals surface area contributed by atoms with Gasteiger partial charge < -0.3 is 10.1 Å². The molecular formula is C15H24N2O2. The van der Waals surface area contributed by atoms with Crippen molar-refractivity contribution in [2.24, 2.45) is 5.41 Å². The number of aryl methyl sites for hydroxylation is 1. The smallest absolute Gasteiger partial charge is 0.254 e. The van der Waals surface area contributed by atoms with Crippen LogP contribution in [0.15, 0.2) is 4.79 Å². The second-order valence-corrected chi connectivity index (χ2v) is 6.43. The normalized spacial score (nSPS) is 19.6. The zero-order valence-corrected chi connectivity index (χ0v) is 12.1. The van der Waals surface area contributed by atoms with Gasteiger partial charge in [0.15, 0.2) is 0 Å². The van der Waals surface area contributed by atoms with E-state index >= 15 is 0 Å². The highest BCUT2D eigenvalue weighted by molar-refractivity contribution is 5.18.